The maximum Gasteiger partial charge on any atom is 0.234 e. The zero-order chi connectivity index (χ0) is 15.5. The van der Waals surface area contributed by atoms with Gasteiger partial charge in [0.2, 0.25) is 5.91 Å². The van der Waals surface area contributed by atoms with Gasteiger partial charge < -0.3 is 5.32 Å². The van der Waals surface area contributed by atoms with Crippen LogP contribution in [-0.2, 0) is 11.2 Å². The van der Waals surface area contributed by atoms with Crippen molar-refractivity contribution in [2.45, 2.75) is 58.0 Å². The van der Waals surface area contributed by atoms with Gasteiger partial charge in [0.05, 0.1) is 12.6 Å². The summed E-state index contributed by atoms with van der Waals surface area (Å²) in [5, 5.41) is 3.16. The van der Waals surface area contributed by atoms with Gasteiger partial charge in [-0.3, -0.25) is 9.69 Å². The third kappa shape index (κ3) is 4.33. The molecule has 0 radical (unpaired) electrons. The van der Waals surface area contributed by atoms with E-state index in [0.717, 1.165) is 18.9 Å². The molecule has 1 aromatic carbocycles. The van der Waals surface area contributed by atoms with Crippen molar-refractivity contribution in [2.24, 2.45) is 5.92 Å². The Morgan fingerprint density at radius 1 is 1.23 bits per heavy atom. The maximum absolute atomic E-state index is 12.3. The topological polar surface area (TPSA) is 32.3 Å². The zero-order valence-corrected chi connectivity index (χ0v) is 13.8. The third-order valence-electron chi connectivity index (χ3n) is 4.87. The Bertz CT molecular complexity index is 503. The molecule has 0 spiro atoms. The molecule has 22 heavy (non-hydrogen) atoms. The molecule has 0 heterocycles. The smallest absolute Gasteiger partial charge is 0.234 e. The number of hydrogen-bond acceptors (Lipinski definition) is 2. The van der Waals surface area contributed by atoms with Gasteiger partial charge in [0, 0.05) is 12.6 Å². The summed E-state index contributed by atoms with van der Waals surface area (Å²) < 4.78 is 0. The molecule has 3 rings (SSSR count). The molecule has 2 saturated carbocycles. The minimum atomic E-state index is 0.0837. The highest BCUT2D eigenvalue weighted by molar-refractivity contribution is 5.78. The van der Waals surface area contributed by atoms with Crippen LogP contribution in [-0.4, -0.2) is 29.9 Å². The van der Waals surface area contributed by atoms with E-state index < -0.39 is 0 Å². The quantitative estimate of drug-likeness (QED) is 0.799. The molecule has 1 unspecified atom stereocenters. The second-order valence-corrected chi connectivity index (χ2v) is 6.99. The summed E-state index contributed by atoms with van der Waals surface area (Å²) in [6.07, 6.45) is 6.30. The van der Waals surface area contributed by atoms with E-state index in [-0.39, 0.29) is 11.9 Å². The number of benzene rings is 1. The van der Waals surface area contributed by atoms with Gasteiger partial charge in [0.15, 0.2) is 0 Å². The molecule has 120 valence electrons. The summed E-state index contributed by atoms with van der Waals surface area (Å²) in [4.78, 5) is 14.7. The largest absolute Gasteiger partial charge is 0.348 e. The summed E-state index contributed by atoms with van der Waals surface area (Å²) in [6.45, 7) is 5.92. The number of rotatable bonds is 8. The molecule has 2 fully saturated rings. The highest BCUT2D eigenvalue weighted by atomic mass is 16.2. The Morgan fingerprint density at radius 2 is 1.91 bits per heavy atom. The lowest BCUT2D eigenvalue weighted by Gasteiger charge is -2.23. The maximum atomic E-state index is 12.3. The molecule has 0 aromatic heterocycles. The molecule has 0 saturated heterocycles. The summed E-state index contributed by atoms with van der Waals surface area (Å²) in [6, 6.07) is 9.33. The first-order valence-electron chi connectivity index (χ1n) is 8.78. The molecular weight excluding hydrogens is 272 g/mol. The Hall–Kier alpha value is -1.35. The summed E-state index contributed by atoms with van der Waals surface area (Å²) in [5.74, 6) is 1.02. The predicted octanol–water partition coefficient (Wildman–Crippen LogP) is 3.30. The highest BCUT2D eigenvalue weighted by Gasteiger charge is 2.34. The van der Waals surface area contributed by atoms with Crippen LogP contribution in [0.2, 0.25) is 0 Å². The van der Waals surface area contributed by atoms with Crippen LogP contribution in [0.25, 0.3) is 0 Å². The normalized spacial score (nSPS) is 19.2. The fraction of sp³-hybridized carbons (Fsp3) is 0.632. The van der Waals surface area contributed by atoms with Crippen molar-refractivity contribution >= 4 is 5.91 Å². The molecule has 3 heteroatoms. The number of aryl methyl sites for hydroxylation is 1. The lowest BCUT2D eigenvalue weighted by atomic mass is 10.1. The first-order chi connectivity index (χ1) is 10.7. The van der Waals surface area contributed by atoms with Crippen LogP contribution in [0, 0.1) is 5.92 Å². The summed E-state index contributed by atoms with van der Waals surface area (Å²) in [7, 11) is 0. The van der Waals surface area contributed by atoms with Crippen LogP contribution in [0.3, 0.4) is 0 Å². The van der Waals surface area contributed by atoms with Gasteiger partial charge in [-0.1, -0.05) is 31.2 Å². The number of carbonyl (C=O) groups is 1. The fourth-order valence-corrected chi connectivity index (χ4v) is 3.01. The number of carbonyl (C=O) groups excluding carboxylic acids is 1. The Balaban J connectivity index is 1.50. The van der Waals surface area contributed by atoms with Crippen LogP contribution in [0.4, 0.5) is 0 Å². The second kappa shape index (κ2) is 6.82. The van der Waals surface area contributed by atoms with Gasteiger partial charge >= 0.3 is 0 Å². The van der Waals surface area contributed by atoms with E-state index in [1.807, 2.05) is 0 Å². The van der Waals surface area contributed by atoms with Crippen molar-refractivity contribution in [2.75, 3.05) is 13.1 Å². The van der Waals surface area contributed by atoms with Crippen LogP contribution in [0.1, 0.15) is 56.7 Å². The predicted molar refractivity (Wildman–Crippen MR) is 89.7 cm³/mol. The lowest BCUT2D eigenvalue weighted by molar-refractivity contribution is -0.123. The van der Waals surface area contributed by atoms with E-state index in [2.05, 4.69) is 48.3 Å². The SMILES string of the molecule is CCc1ccc(C(C)NC(=O)CN(CC2CC2)C2CC2)cc1. The number of hydrogen-bond donors (Lipinski definition) is 1. The van der Waals surface area contributed by atoms with Gasteiger partial charge in [-0.05, 0) is 56.1 Å². The van der Waals surface area contributed by atoms with Crippen molar-refractivity contribution in [3.63, 3.8) is 0 Å². The molecule has 1 amide bonds. The average molecular weight is 300 g/mol. The second-order valence-electron chi connectivity index (χ2n) is 6.99. The first-order valence-corrected chi connectivity index (χ1v) is 8.78. The van der Waals surface area contributed by atoms with Crippen LogP contribution >= 0.6 is 0 Å². The molecule has 1 atom stereocenters. The summed E-state index contributed by atoms with van der Waals surface area (Å²) >= 11 is 0. The molecule has 0 bridgehead atoms. The van der Waals surface area contributed by atoms with Gasteiger partial charge in [-0.15, -0.1) is 0 Å². The minimum Gasteiger partial charge on any atom is -0.348 e. The molecule has 2 aliphatic rings. The van der Waals surface area contributed by atoms with E-state index in [9.17, 15) is 4.79 Å². The van der Waals surface area contributed by atoms with Crippen LogP contribution in [0.5, 0.6) is 0 Å². The zero-order valence-electron chi connectivity index (χ0n) is 13.8. The van der Waals surface area contributed by atoms with Crippen molar-refractivity contribution in [3.8, 4) is 0 Å². The monoisotopic (exact) mass is 300 g/mol. The Morgan fingerprint density at radius 3 is 2.45 bits per heavy atom. The van der Waals surface area contributed by atoms with Crippen molar-refractivity contribution in [1.29, 1.82) is 0 Å². The molecular formula is C19H28N2O. The minimum absolute atomic E-state index is 0.0837. The standard InChI is InChI=1S/C19H28N2O/c1-3-15-6-8-17(9-7-15)14(2)20-19(22)13-21(18-10-11-18)12-16-4-5-16/h6-9,14,16,18H,3-5,10-13H2,1-2H3,(H,20,22). The van der Waals surface area contributed by atoms with Crippen LogP contribution < -0.4 is 5.32 Å². The molecule has 0 aliphatic heterocycles. The van der Waals surface area contributed by atoms with E-state index in [0.29, 0.717) is 12.6 Å². The van der Waals surface area contributed by atoms with Crippen molar-refractivity contribution in [1.82, 2.24) is 10.2 Å². The van der Waals surface area contributed by atoms with E-state index in [4.69, 9.17) is 0 Å². The van der Waals surface area contributed by atoms with E-state index >= 15 is 0 Å². The molecule has 1 N–H and O–H groups in total. The molecule has 1 aromatic rings. The number of amides is 1. The van der Waals surface area contributed by atoms with E-state index in [1.165, 1.54) is 36.8 Å². The van der Waals surface area contributed by atoms with Crippen molar-refractivity contribution < 1.29 is 4.79 Å². The first kappa shape index (κ1) is 15.5. The van der Waals surface area contributed by atoms with Gasteiger partial charge in [-0.25, -0.2) is 0 Å². The number of nitrogens with zero attached hydrogens (tertiary/aromatic N) is 1. The van der Waals surface area contributed by atoms with Crippen LogP contribution in [0.15, 0.2) is 24.3 Å². The number of nitrogens with one attached hydrogen (secondary N) is 1. The Kier molecular flexibility index (Phi) is 4.82. The lowest BCUT2D eigenvalue weighted by Crippen LogP contribution is -2.40. The average Bonchev–Trinajstić information content (AvgIpc) is 3.38. The third-order valence-corrected chi connectivity index (χ3v) is 4.87. The highest BCUT2D eigenvalue weighted by Crippen LogP contribution is 2.34. The van der Waals surface area contributed by atoms with Crippen molar-refractivity contribution in [3.05, 3.63) is 35.4 Å². The van der Waals surface area contributed by atoms with Gasteiger partial charge in [-0.2, -0.15) is 0 Å². The van der Waals surface area contributed by atoms with E-state index in [1.54, 1.807) is 0 Å². The van der Waals surface area contributed by atoms with Gasteiger partial charge in [0.1, 0.15) is 0 Å². The molecule has 3 nitrogen and oxygen atoms in total. The molecule has 2 aliphatic carbocycles. The fourth-order valence-electron chi connectivity index (χ4n) is 3.01. The van der Waals surface area contributed by atoms with Gasteiger partial charge in [0.25, 0.3) is 0 Å². The summed E-state index contributed by atoms with van der Waals surface area (Å²) in [5.41, 5.74) is 2.53. The Labute approximate surface area is 134 Å².